The molecule has 0 unspecified atom stereocenters. The van der Waals surface area contributed by atoms with E-state index in [0.29, 0.717) is 5.56 Å². The Morgan fingerprint density at radius 2 is 1.59 bits per heavy atom. The predicted molar refractivity (Wildman–Crippen MR) is 70.0 cm³/mol. The van der Waals surface area contributed by atoms with Crippen molar-refractivity contribution in [2.45, 2.75) is 13.8 Å². The molecule has 2 aromatic rings. The Hall–Kier alpha value is -2.16. The Morgan fingerprint density at radius 1 is 1.06 bits per heavy atom. The predicted octanol–water partition coefficient (Wildman–Crippen LogP) is 2.78. The molecule has 3 nitrogen and oxygen atoms in total. The second kappa shape index (κ2) is 6.43. The van der Waals surface area contributed by atoms with E-state index in [1.807, 2.05) is 32.0 Å². The van der Waals surface area contributed by atoms with E-state index in [1.165, 1.54) is 0 Å². The normalized spacial score (nSPS) is 9.06. The van der Waals surface area contributed by atoms with Crippen molar-refractivity contribution in [2.75, 3.05) is 5.73 Å². The van der Waals surface area contributed by atoms with Crippen LogP contribution in [0.4, 0.5) is 5.69 Å². The number of anilines is 1. The van der Waals surface area contributed by atoms with E-state index in [0.717, 1.165) is 23.1 Å². The summed E-state index contributed by atoms with van der Waals surface area (Å²) in [4.78, 5) is 14.2. The molecule has 0 atom stereocenters. The molecule has 0 aliphatic carbocycles. The molecule has 0 amide bonds. The lowest BCUT2D eigenvalue weighted by Crippen LogP contribution is -1.95. The molecule has 0 aliphatic rings. The monoisotopic (exact) mass is 228 g/mol. The average molecular weight is 228 g/mol. The number of benzene rings is 1. The number of hydrogen-bond donors (Lipinski definition) is 1. The molecule has 3 heteroatoms. The Bertz CT molecular complexity index is 431. The Kier molecular flexibility index (Phi) is 4.88. The molecule has 88 valence electrons. The lowest BCUT2D eigenvalue weighted by molar-refractivity contribution is 0.112. The molecule has 2 N–H and O–H groups in total. The Morgan fingerprint density at radius 3 is 1.88 bits per heavy atom. The van der Waals surface area contributed by atoms with Crippen LogP contribution in [0, 0.1) is 13.8 Å². The van der Waals surface area contributed by atoms with E-state index < -0.39 is 0 Å². The third-order valence-corrected chi connectivity index (χ3v) is 2.32. The van der Waals surface area contributed by atoms with Crippen molar-refractivity contribution >= 4 is 12.0 Å². The van der Waals surface area contributed by atoms with Crippen LogP contribution in [-0.2, 0) is 0 Å². The number of nitrogens with zero attached hydrogens (tertiary/aromatic N) is 1. The molecule has 1 heterocycles. The summed E-state index contributed by atoms with van der Waals surface area (Å²) < 4.78 is 0. The van der Waals surface area contributed by atoms with Crippen molar-refractivity contribution in [1.29, 1.82) is 0 Å². The lowest BCUT2D eigenvalue weighted by atomic mass is 10.1. The highest BCUT2D eigenvalue weighted by atomic mass is 16.1. The SMILES string of the molecule is Cc1cc(C=O)cc(C)c1N.c1ccncc1. The maximum atomic E-state index is 10.4. The van der Waals surface area contributed by atoms with Gasteiger partial charge in [-0.1, -0.05) is 6.07 Å². The van der Waals surface area contributed by atoms with Crippen molar-refractivity contribution in [3.8, 4) is 0 Å². The van der Waals surface area contributed by atoms with Crippen LogP contribution in [0.15, 0.2) is 42.7 Å². The van der Waals surface area contributed by atoms with Crippen LogP contribution >= 0.6 is 0 Å². The van der Waals surface area contributed by atoms with Crippen molar-refractivity contribution < 1.29 is 4.79 Å². The first-order chi connectivity index (χ1) is 8.15. The van der Waals surface area contributed by atoms with Gasteiger partial charge in [-0.25, -0.2) is 0 Å². The van der Waals surface area contributed by atoms with Gasteiger partial charge in [0.1, 0.15) is 6.29 Å². The molecule has 1 aromatic heterocycles. The Balaban J connectivity index is 0.000000202. The average Bonchev–Trinajstić information content (AvgIpc) is 2.38. The van der Waals surface area contributed by atoms with Crippen LogP contribution in [0.3, 0.4) is 0 Å². The smallest absolute Gasteiger partial charge is 0.150 e. The number of carbonyl (C=O) groups excluding carboxylic acids is 1. The summed E-state index contributed by atoms with van der Waals surface area (Å²) in [6.07, 6.45) is 4.33. The highest BCUT2D eigenvalue weighted by molar-refractivity contribution is 5.77. The fraction of sp³-hybridized carbons (Fsp3) is 0.143. The van der Waals surface area contributed by atoms with Crippen molar-refractivity contribution in [1.82, 2.24) is 4.98 Å². The van der Waals surface area contributed by atoms with Gasteiger partial charge in [0.15, 0.2) is 0 Å². The van der Waals surface area contributed by atoms with E-state index in [-0.39, 0.29) is 0 Å². The molecular weight excluding hydrogens is 212 g/mol. The van der Waals surface area contributed by atoms with Gasteiger partial charge in [-0.2, -0.15) is 0 Å². The second-order valence-corrected chi connectivity index (χ2v) is 3.71. The van der Waals surface area contributed by atoms with Crippen LogP contribution in [0.1, 0.15) is 21.5 Å². The largest absolute Gasteiger partial charge is 0.398 e. The van der Waals surface area contributed by atoms with Crippen molar-refractivity contribution in [2.24, 2.45) is 0 Å². The zero-order valence-corrected chi connectivity index (χ0v) is 10.1. The number of hydrogen-bond acceptors (Lipinski definition) is 3. The number of aldehydes is 1. The summed E-state index contributed by atoms with van der Waals surface area (Å²) in [6, 6.07) is 9.29. The summed E-state index contributed by atoms with van der Waals surface area (Å²) in [5, 5.41) is 0. The van der Waals surface area contributed by atoms with E-state index in [9.17, 15) is 4.79 Å². The van der Waals surface area contributed by atoms with Gasteiger partial charge in [-0.3, -0.25) is 9.78 Å². The summed E-state index contributed by atoms with van der Waals surface area (Å²) in [7, 11) is 0. The summed E-state index contributed by atoms with van der Waals surface area (Å²) in [6.45, 7) is 3.80. The molecule has 0 radical (unpaired) electrons. The standard InChI is InChI=1S/C9H11NO.C5H5N/c1-6-3-8(5-11)4-7(2)9(6)10;1-2-4-6-5-3-1/h3-5H,10H2,1-2H3;1-5H. The van der Waals surface area contributed by atoms with Gasteiger partial charge in [0.25, 0.3) is 0 Å². The molecule has 2 rings (SSSR count). The first-order valence-electron chi connectivity index (χ1n) is 5.32. The van der Waals surface area contributed by atoms with Crippen molar-refractivity contribution in [3.05, 3.63) is 59.4 Å². The molecule has 17 heavy (non-hydrogen) atoms. The summed E-state index contributed by atoms with van der Waals surface area (Å²) >= 11 is 0. The molecule has 0 fully saturated rings. The number of aryl methyl sites for hydroxylation is 2. The first kappa shape index (κ1) is 12.9. The minimum absolute atomic E-state index is 0.689. The molecule has 0 saturated heterocycles. The number of pyridine rings is 1. The third-order valence-electron chi connectivity index (χ3n) is 2.32. The number of carbonyl (C=O) groups is 1. The maximum Gasteiger partial charge on any atom is 0.150 e. The van der Waals surface area contributed by atoms with Gasteiger partial charge in [0.2, 0.25) is 0 Å². The molecular formula is C14H16N2O. The van der Waals surface area contributed by atoms with Crippen molar-refractivity contribution in [3.63, 3.8) is 0 Å². The van der Waals surface area contributed by atoms with Gasteiger partial charge < -0.3 is 5.73 Å². The van der Waals surface area contributed by atoms with Crippen LogP contribution in [0.2, 0.25) is 0 Å². The van der Waals surface area contributed by atoms with Crippen LogP contribution in [-0.4, -0.2) is 11.3 Å². The van der Waals surface area contributed by atoms with Gasteiger partial charge in [-0.15, -0.1) is 0 Å². The van der Waals surface area contributed by atoms with Gasteiger partial charge in [0, 0.05) is 23.6 Å². The highest BCUT2D eigenvalue weighted by Gasteiger charge is 1.99. The number of aromatic nitrogens is 1. The lowest BCUT2D eigenvalue weighted by Gasteiger charge is -2.04. The van der Waals surface area contributed by atoms with Crippen LogP contribution in [0.5, 0.6) is 0 Å². The zero-order valence-electron chi connectivity index (χ0n) is 10.1. The van der Waals surface area contributed by atoms with E-state index in [1.54, 1.807) is 24.5 Å². The molecule has 0 aliphatic heterocycles. The second-order valence-electron chi connectivity index (χ2n) is 3.71. The molecule has 1 aromatic carbocycles. The Labute approximate surface area is 101 Å². The van der Waals surface area contributed by atoms with Crippen LogP contribution < -0.4 is 5.73 Å². The zero-order chi connectivity index (χ0) is 12.7. The first-order valence-corrected chi connectivity index (χ1v) is 5.32. The maximum absolute atomic E-state index is 10.4. The third kappa shape index (κ3) is 4.07. The van der Waals surface area contributed by atoms with E-state index in [2.05, 4.69) is 4.98 Å². The van der Waals surface area contributed by atoms with E-state index >= 15 is 0 Å². The highest BCUT2D eigenvalue weighted by Crippen LogP contribution is 2.17. The minimum atomic E-state index is 0.689. The number of rotatable bonds is 1. The minimum Gasteiger partial charge on any atom is -0.398 e. The van der Waals surface area contributed by atoms with E-state index in [4.69, 9.17) is 5.73 Å². The fourth-order valence-electron chi connectivity index (χ4n) is 1.39. The fourth-order valence-corrected chi connectivity index (χ4v) is 1.39. The number of nitrogen functional groups attached to an aromatic ring is 1. The summed E-state index contributed by atoms with van der Waals surface area (Å²) in [5.41, 5.74) is 9.08. The van der Waals surface area contributed by atoms with Gasteiger partial charge in [-0.05, 0) is 49.2 Å². The molecule has 0 bridgehead atoms. The van der Waals surface area contributed by atoms with Gasteiger partial charge in [0.05, 0.1) is 0 Å². The van der Waals surface area contributed by atoms with Crippen LogP contribution in [0.25, 0.3) is 0 Å². The molecule has 0 spiro atoms. The molecule has 0 saturated carbocycles. The number of nitrogens with two attached hydrogens (primary N) is 1. The quantitative estimate of drug-likeness (QED) is 0.603. The van der Waals surface area contributed by atoms with Gasteiger partial charge >= 0.3 is 0 Å². The topological polar surface area (TPSA) is 56.0 Å². The summed E-state index contributed by atoms with van der Waals surface area (Å²) in [5.74, 6) is 0.